The van der Waals surface area contributed by atoms with Gasteiger partial charge in [-0.1, -0.05) is 23.8 Å². The third-order valence-electron chi connectivity index (χ3n) is 2.84. The highest BCUT2D eigenvalue weighted by atomic mass is 35.5. The Morgan fingerprint density at radius 1 is 1.41 bits per heavy atom. The minimum absolute atomic E-state index is 0.0290. The van der Waals surface area contributed by atoms with Crippen LogP contribution in [-0.2, 0) is 6.54 Å². The first-order valence-corrected chi connectivity index (χ1v) is 5.86. The quantitative estimate of drug-likeness (QED) is 0.509. The third kappa shape index (κ3) is 3.05. The number of nitro groups is 1. The molecule has 0 fully saturated rings. The number of benzene rings is 1. The van der Waals surface area contributed by atoms with Crippen molar-refractivity contribution in [2.45, 2.75) is 25.4 Å². The molecule has 0 unspecified atom stereocenters. The largest absolute Gasteiger partial charge is 0.309 e. The van der Waals surface area contributed by atoms with Crippen LogP contribution < -0.4 is 5.32 Å². The van der Waals surface area contributed by atoms with Crippen LogP contribution >= 0.6 is 11.6 Å². The lowest BCUT2D eigenvalue weighted by Gasteiger charge is -2.12. The fourth-order valence-electron chi connectivity index (χ4n) is 1.83. The lowest BCUT2D eigenvalue weighted by atomic mass is 10.1. The van der Waals surface area contributed by atoms with E-state index in [2.05, 4.69) is 17.5 Å². The number of hydrogen-bond acceptors (Lipinski definition) is 3. The lowest BCUT2D eigenvalue weighted by Crippen LogP contribution is -2.25. The number of nitrogens with zero attached hydrogens (tertiary/aromatic N) is 1. The minimum Gasteiger partial charge on any atom is -0.309 e. The monoisotopic (exact) mass is 252 g/mol. The maximum Gasteiger partial charge on any atom is 0.270 e. The van der Waals surface area contributed by atoms with Gasteiger partial charge in [-0.05, 0) is 24.5 Å². The van der Waals surface area contributed by atoms with E-state index in [1.165, 1.54) is 12.1 Å². The molecular weight excluding hydrogens is 240 g/mol. The molecule has 0 amide bonds. The van der Waals surface area contributed by atoms with E-state index < -0.39 is 4.92 Å². The van der Waals surface area contributed by atoms with Gasteiger partial charge in [0.1, 0.15) is 0 Å². The molecule has 90 valence electrons. The van der Waals surface area contributed by atoms with Gasteiger partial charge in [-0.25, -0.2) is 0 Å². The molecule has 1 N–H and O–H groups in total. The molecule has 1 aromatic carbocycles. The highest BCUT2D eigenvalue weighted by Crippen LogP contribution is 2.22. The molecule has 17 heavy (non-hydrogen) atoms. The smallest absolute Gasteiger partial charge is 0.270 e. The fourth-order valence-corrected chi connectivity index (χ4v) is 2.07. The standard InChI is InChI=1S/C12H13ClN2O2/c13-12-7-11(15(16)17)6-5-9(12)8-14-10-3-1-2-4-10/h1-2,5-7,10,14H,3-4,8H2. The van der Waals surface area contributed by atoms with Gasteiger partial charge in [0, 0.05) is 24.7 Å². The average Bonchev–Trinajstić information content (AvgIpc) is 2.80. The lowest BCUT2D eigenvalue weighted by molar-refractivity contribution is -0.384. The van der Waals surface area contributed by atoms with E-state index >= 15 is 0 Å². The van der Waals surface area contributed by atoms with Crippen molar-refractivity contribution < 1.29 is 4.92 Å². The Morgan fingerprint density at radius 2 is 2.12 bits per heavy atom. The molecule has 0 aliphatic heterocycles. The molecule has 0 heterocycles. The molecule has 0 saturated heterocycles. The number of nitrogens with one attached hydrogen (secondary N) is 1. The SMILES string of the molecule is O=[N+]([O-])c1ccc(CNC2CC=CC2)c(Cl)c1. The van der Waals surface area contributed by atoms with Crippen LogP contribution in [0.4, 0.5) is 5.69 Å². The second-order valence-corrected chi connectivity index (χ2v) is 4.46. The summed E-state index contributed by atoms with van der Waals surface area (Å²) < 4.78 is 0. The second-order valence-electron chi connectivity index (χ2n) is 4.05. The zero-order valence-electron chi connectivity index (χ0n) is 9.23. The average molecular weight is 253 g/mol. The van der Waals surface area contributed by atoms with Crippen molar-refractivity contribution >= 4 is 17.3 Å². The molecule has 4 nitrogen and oxygen atoms in total. The zero-order chi connectivity index (χ0) is 12.3. The molecule has 1 aliphatic carbocycles. The van der Waals surface area contributed by atoms with E-state index in [-0.39, 0.29) is 5.69 Å². The topological polar surface area (TPSA) is 55.2 Å². The molecule has 0 atom stereocenters. The first-order valence-electron chi connectivity index (χ1n) is 5.48. The van der Waals surface area contributed by atoms with Crippen LogP contribution in [0.25, 0.3) is 0 Å². The Bertz CT molecular complexity index is 452. The fraction of sp³-hybridized carbons (Fsp3) is 0.333. The van der Waals surface area contributed by atoms with Crippen LogP contribution in [0.3, 0.4) is 0 Å². The zero-order valence-corrected chi connectivity index (χ0v) is 9.98. The third-order valence-corrected chi connectivity index (χ3v) is 3.19. The van der Waals surface area contributed by atoms with Crippen LogP contribution in [0.15, 0.2) is 30.4 Å². The summed E-state index contributed by atoms with van der Waals surface area (Å²) in [4.78, 5) is 10.1. The number of rotatable bonds is 4. The molecule has 5 heteroatoms. The maximum atomic E-state index is 10.6. The number of non-ortho nitro benzene ring substituents is 1. The van der Waals surface area contributed by atoms with Crippen molar-refractivity contribution in [3.8, 4) is 0 Å². The summed E-state index contributed by atoms with van der Waals surface area (Å²) in [5.74, 6) is 0. The summed E-state index contributed by atoms with van der Waals surface area (Å²) in [5.41, 5.74) is 0.922. The first kappa shape index (κ1) is 12.1. The van der Waals surface area contributed by atoms with Gasteiger partial charge in [0.2, 0.25) is 0 Å². The van der Waals surface area contributed by atoms with Gasteiger partial charge in [0.05, 0.1) is 9.95 Å². The van der Waals surface area contributed by atoms with E-state index in [1.54, 1.807) is 6.07 Å². The summed E-state index contributed by atoms with van der Waals surface area (Å²) in [6.45, 7) is 0.642. The van der Waals surface area contributed by atoms with Gasteiger partial charge in [0.15, 0.2) is 0 Å². The minimum atomic E-state index is -0.440. The summed E-state index contributed by atoms with van der Waals surface area (Å²) in [6.07, 6.45) is 6.36. The van der Waals surface area contributed by atoms with Crippen molar-refractivity contribution in [2.24, 2.45) is 0 Å². The molecule has 0 aromatic heterocycles. The van der Waals surface area contributed by atoms with E-state index in [4.69, 9.17) is 11.6 Å². The predicted octanol–water partition coefficient (Wildman–Crippen LogP) is 3.06. The normalized spacial score (nSPS) is 15.4. The molecule has 0 radical (unpaired) electrons. The van der Waals surface area contributed by atoms with Crippen molar-refractivity contribution in [1.82, 2.24) is 5.32 Å². The Labute approximate surface area is 104 Å². The molecule has 1 aliphatic rings. The van der Waals surface area contributed by atoms with E-state index in [1.807, 2.05) is 0 Å². The van der Waals surface area contributed by atoms with Crippen LogP contribution in [0.2, 0.25) is 5.02 Å². The van der Waals surface area contributed by atoms with Crippen molar-refractivity contribution in [2.75, 3.05) is 0 Å². The van der Waals surface area contributed by atoms with Gasteiger partial charge in [-0.15, -0.1) is 0 Å². The van der Waals surface area contributed by atoms with Crippen molar-refractivity contribution in [3.05, 3.63) is 51.1 Å². The van der Waals surface area contributed by atoms with Crippen LogP contribution in [0.1, 0.15) is 18.4 Å². The molecular formula is C12H13ClN2O2. The summed E-state index contributed by atoms with van der Waals surface area (Å²) in [5, 5.41) is 14.4. The van der Waals surface area contributed by atoms with E-state index in [0.717, 1.165) is 18.4 Å². The number of hydrogen-bond donors (Lipinski definition) is 1. The van der Waals surface area contributed by atoms with Crippen molar-refractivity contribution in [1.29, 1.82) is 0 Å². The van der Waals surface area contributed by atoms with Crippen LogP contribution in [0.5, 0.6) is 0 Å². The van der Waals surface area contributed by atoms with Crippen LogP contribution in [-0.4, -0.2) is 11.0 Å². The van der Waals surface area contributed by atoms with Gasteiger partial charge in [0.25, 0.3) is 5.69 Å². The summed E-state index contributed by atoms with van der Waals surface area (Å²) in [6, 6.07) is 5.04. The number of halogens is 1. The predicted molar refractivity (Wildman–Crippen MR) is 67.1 cm³/mol. The molecule has 0 saturated carbocycles. The first-order chi connectivity index (χ1) is 8.16. The van der Waals surface area contributed by atoms with E-state index in [9.17, 15) is 10.1 Å². The molecule has 0 spiro atoms. The molecule has 0 bridgehead atoms. The number of nitro benzene ring substituents is 1. The Morgan fingerprint density at radius 3 is 2.71 bits per heavy atom. The van der Waals surface area contributed by atoms with Crippen molar-refractivity contribution in [3.63, 3.8) is 0 Å². The van der Waals surface area contributed by atoms with Gasteiger partial charge < -0.3 is 5.32 Å². The highest BCUT2D eigenvalue weighted by Gasteiger charge is 2.12. The Kier molecular flexibility index (Phi) is 3.76. The highest BCUT2D eigenvalue weighted by molar-refractivity contribution is 6.31. The Balaban J connectivity index is 1.98. The van der Waals surface area contributed by atoms with Gasteiger partial charge in [-0.3, -0.25) is 10.1 Å². The van der Waals surface area contributed by atoms with Gasteiger partial charge >= 0.3 is 0 Å². The second kappa shape index (κ2) is 5.29. The molecule has 2 rings (SSSR count). The summed E-state index contributed by atoms with van der Waals surface area (Å²) >= 11 is 6.00. The van der Waals surface area contributed by atoms with E-state index in [0.29, 0.717) is 17.6 Å². The summed E-state index contributed by atoms with van der Waals surface area (Å²) in [7, 11) is 0. The maximum absolute atomic E-state index is 10.6. The molecule has 1 aromatic rings. The van der Waals surface area contributed by atoms with Gasteiger partial charge in [-0.2, -0.15) is 0 Å². The Hall–Kier alpha value is -1.39. The van der Waals surface area contributed by atoms with Crippen LogP contribution in [0, 0.1) is 10.1 Å².